The second-order valence-corrected chi connectivity index (χ2v) is 9.26. The van der Waals surface area contributed by atoms with Crippen molar-refractivity contribution < 1.29 is 4.74 Å². The summed E-state index contributed by atoms with van der Waals surface area (Å²) in [6.07, 6.45) is 11.6. The van der Waals surface area contributed by atoms with Crippen LogP contribution in [0.15, 0.2) is 29.1 Å². The lowest BCUT2D eigenvalue weighted by atomic mass is 10.1. The Hall–Kier alpha value is -1.76. The molecule has 1 aromatic heterocycles. The molecule has 198 valence electrons. The number of nitrogens with one attached hydrogen (secondary N) is 2. The molecule has 1 fully saturated rings. The monoisotopic (exact) mass is 526 g/mol. The van der Waals surface area contributed by atoms with Gasteiger partial charge in [0.05, 0.1) is 6.61 Å². The van der Waals surface area contributed by atoms with Gasteiger partial charge in [0, 0.05) is 24.3 Å². The fourth-order valence-electron chi connectivity index (χ4n) is 4.47. The number of likely N-dealkylation sites (tertiary alicyclic amines) is 1. The number of anilines is 1. The minimum absolute atomic E-state index is 0. The maximum atomic E-state index is 12.5. The number of benzene rings is 1. The van der Waals surface area contributed by atoms with Gasteiger partial charge in [-0.15, -0.1) is 24.8 Å². The van der Waals surface area contributed by atoms with E-state index in [0.717, 1.165) is 42.8 Å². The summed E-state index contributed by atoms with van der Waals surface area (Å²) >= 11 is 0. The molecule has 8 heteroatoms. The molecule has 0 spiro atoms. The van der Waals surface area contributed by atoms with Gasteiger partial charge in [0.1, 0.15) is 5.75 Å². The molecule has 0 saturated carbocycles. The first-order valence-electron chi connectivity index (χ1n) is 12.9. The number of unbranched alkanes of at least 4 members (excludes halogenated alkanes) is 4. The highest BCUT2D eigenvalue weighted by molar-refractivity contribution is 5.85. The molecule has 0 atom stereocenters. The first kappa shape index (κ1) is 31.3. The number of aromatic nitrogens is 2. The zero-order valence-electron chi connectivity index (χ0n) is 21.4. The maximum absolute atomic E-state index is 12.5. The minimum Gasteiger partial charge on any atom is -0.494 e. The molecule has 1 aliphatic heterocycles. The zero-order valence-corrected chi connectivity index (χ0v) is 23.1. The molecule has 1 aliphatic rings. The van der Waals surface area contributed by atoms with Gasteiger partial charge in [-0.1, -0.05) is 51.2 Å². The number of halogens is 2. The highest BCUT2D eigenvalue weighted by Crippen LogP contribution is 2.18. The molecule has 0 aliphatic carbocycles. The van der Waals surface area contributed by atoms with E-state index >= 15 is 0 Å². The molecule has 6 nitrogen and oxygen atoms in total. The molecule has 35 heavy (non-hydrogen) atoms. The van der Waals surface area contributed by atoms with Crippen molar-refractivity contribution in [3.05, 3.63) is 51.4 Å². The van der Waals surface area contributed by atoms with E-state index in [0.29, 0.717) is 19.1 Å². The molecule has 3 rings (SSSR count). The Morgan fingerprint density at radius 2 is 1.83 bits per heavy atom. The van der Waals surface area contributed by atoms with Crippen molar-refractivity contribution in [1.29, 1.82) is 0 Å². The molecule has 0 amide bonds. The van der Waals surface area contributed by atoms with Gasteiger partial charge in [-0.3, -0.25) is 14.7 Å². The van der Waals surface area contributed by atoms with E-state index in [2.05, 4.69) is 45.3 Å². The van der Waals surface area contributed by atoms with Gasteiger partial charge in [0.2, 0.25) is 5.95 Å². The molecule has 0 bridgehead atoms. The van der Waals surface area contributed by atoms with E-state index in [-0.39, 0.29) is 30.4 Å². The highest BCUT2D eigenvalue weighted by atomic mass is 35.5. The number of nitrogens with zero attached hydrogens (tertiary/aromatic N) is 2. The molecule has 2 N–H and O–H groups in total. The van der Waals surface area contributed by atoms with Gasteiger partial charge in [0.15, 0.2) is 0 Å². The Morgan fingerprint density at radius 1 is 1.06 bits per heavy atom. The van der Waals surface area contributed by atoms with Gasteiger partial charge < -0.3 is 10.1 Å². The van der Waals surface area contributed by atoms with Crippen molar-refractivity contribution in [2.24, 2.45) is 0 Å². The van der Waals surface area contributed by atoms with Crippen LogP contribution in [-0.4, -0.2) is 41.1 Å². The largest absolute Gasteiger partial charge is 0.494 e. The summed E-state index contributed by atoms with van der Waals surface area (Å²) < 4.78 is 5.96. The molecular formula is C27H44Cl2N4O2. The Morgan fingerprint density at radius 3 is 2.57 bits per heavy atom. The fourth-order valence-corrected chi connectivity index (χ4v) is 4.47. The van der Waals surface area contributed by atoms with E-state index in [1.807, 2.05) is 13.0 Å². The third-order valence-electron chi connectivity index (χ3n) is 6.39. The quantitative estimate of drug-likeness (QED) is 0.282. The second-order valence-electron chi connectivity index (χ2n) is 9.26. The summed E-state index contributed by atoms with van der Waals surface area (Å²) in [5, 5.41) is 3.24. The van der Waals surface area contributed by atoms with E-state index in [9.17, 15) is 4.79 Å². The summed E-state index contributed by atoms with van der Waals surface area (Å²) in [6, 6.07) is 8.44. The second kappa shape index (κ2) is 17.6. The van der Waals surface area contributed by atoms with Crippen molar-refractivity contribution in [3.8, 4) is 5.75 Å². The molecular weight excluding hydrogens is 483 g/mol. The van der Waals surface area contributed by atoms with Gasteiger partial charge in [0.25, 0.3) is 5.56 Å². The lowest BCUT2D eigenvalue weighted by molar-refractivity contribution is 0.220. The first-order valence-corrected chi connectivity index (χ1v) is 12.9. The maximum Gasteiger partial charge on any atom is 0.255 e. The number of H-pyrrole nitrogens is 1. The summed E-state index contributed by atoms with van der Waals surface area (Å²) in [5.41, 5.74) is 2.96. The van der Waals surface area contributed by atoms with E-state index in [4.69, 9.17) is 4.74 Å². The van der Waals surface area contributed by atoms with Crippen molar-refractivity contribution >= 4 is 30.8 Å². The van der Waals surface area contributed by atoms with Crippen LogP contribution < -0.4 is 15.6 Å². The van der Waals surface area contributed by atoms with Crippen LogP contribution >= 0.6 is 24.8 Å². The predicted octanol–water partition coefficient (Wildman–Crippen LogP) is 6.30. The van der Waals surface area contributed by atoms with E-state index in [1.54, 1.807) is 0 Å². The van der Waals surface area contributed by atoms with Crippen molar-refractivity contribution in [3.63, 3.8) is 0 Å². The van der Waals surface area contributed by atoms with Crippen molar-refractivity contribution in [2.45, 2.75) is 84.6 Å². The summed E-state index contributed by atoms with van der Waals surface area (Å²) in [5.74, 6) is 1.48. The SMILES string of the molecule is CCCCCCCc1c(C)nc(NCCCOc2cccc(CN3CCCCC3)c2)[nH]c1=O.Cl.Cl. The van der Waals surface area contributed by atoms with Crippen LogP contribution in [0.3, 0.4) is 0 Å². The third-order valence-corrected chi connectivity index (χ3v) is 6.39. The lowest BCUT2D eigenvalue weighted by Crippen LogP contribution is -2.29. The number of hydrogen-bond donors (Lipinski definition) is 2. The molecule has 2 heterocycles. The average molecular weight is 528 g/mol. The van der Waals surface area contributed by atoms with Gasteiger partial charge in [-0.25, -0.2) is 4.98 Å². The Balaban J connectivity index is 0.00000306. The number of aryl methyl sites for hydroxylation is 1. The third kappa shape index (κ3) is 11.2. The number of ether oxygens (including phenoxy) is 1. The van der Waals surface area contributed by atoms with Crippen LogP contribution in [0.2, 0.25) is 0 Å². The van der Waals surface area contributed by atoms with Crippen LogP contribution in [0, 0.1) is 6.92 Å². The van der Waals surface area contributed by atoms with Crippen LogP contribution in [0.4, 0.5) is 5.95 Å². The number of aromatic amines is 1. The Kier molecular flexibility index (Phi) is 15.8. The number of rotatable bonds is 14. The summed E-state index contributed by atoms with van der Waals surface area (Å²) in [7, 11) is 0. The van der Waals surface area contributed by atoms with Crippen molar-refractivity contribution in [2.75, 3.05) is 31.6 Å². The molecule has 1 saturated heterocycles. The Labute approximate surface area is 223 Å². The Bertz CT molecular complexity index is 901. The first-order chi connectivity index (χ1) is 16.2. The van der Waals surface area contributed by atoms with Gasteiger partial charge in [-0.05, 0) is 69.8 Å². The van der Waals surface area contributed by atoms with Crippen molar-refractivity contribution in [1.82, 2.24) is 14.9 Å². The van der Waals surface area contributed by atoms with Crippen LogP contribution in [0.1, 0.15) is 81.5 Å². The topological polar surface area (TPSA) is 70.2 Å². The normalized spacial score (nSPS) is 13.5. The smallest absolute Gasteiger partial charge is 0.255 e. The minimum atomic E-state index is -0.0118. The molecule has 0 unspecified atom stereocenters. The van der Waals surface area contributed by atoms with Crippen LogP contribution in [0.5, 0.6) is 5.75 Å². The van der Waals surface area contributed by atoms with Crippen LogP contribution in [0.25, 0.3) is 0 Å². The number of hydrogen-bond acceptors (Lipinski definition) is 5. The van der Waals surface area contributed by atoms with Gasteiger partial charge >= 0.3 is 0 Å². The lowest BCUT2D eigenvalue weighted by Gasteiger charge is -2.26. The zero-order chi connectivity index (χ0) is 23.3. The van der Waals surface area contributed by atoms with Gasteiger partial charge in [-0.2, -0.15) is 0 Å². The summed E-state index contributed by atoms with van der Waals surface area (Å²) in [4.78, 5) is 22.5. The molecule has 2 aromatic rings. The molecule has 1 aromatic carbocycles. The van der Waals surface area contributed by atoms with Crippen LogP contribution in [-0.2, 0) is 13.0 Å². The predicted molar refractivity (Wildman–Crippen MR) is 151 cm³/mol. The van der Waals surface area contributed by atoms with E-state index < -0.39 is 0 Å². The summed E-state index contributed by atoms with van der Waals surface area (Å²) in [6.45, 7) is 8.88. The number of piperidine rings is 1. The standard InChI is InChI=1S/C27H42N4O2.2ClH/c1-3-4-5-6-8-15-25-22(2)29-27(30-26(25)32)28-16-12-19-33-24-14-11-13-23(20-24)21-31-17-9-7-10-18-31;;/h11,13-14,20H,3-10,12,15-19,21H2,1-2H3,(H2,28,29,30,32);2*1H. The average Bonchev–Trinajstić information content (AvgIpc) is 2.81. The molecule has 0 radical (unpaired) electrons. The van der Waals surface area contributed by atoms with E-state index in [1.165, 1.54) is 63.6 Å². The fraction of sp³-hybridized carbons (Fsp3) is 0.630. The highest BCUT2D eigenvalue weighted by Gasteiger charge is 2.11.